The summed E-state index contributed by atoms with van der Waals surface area (Å²) in [6.45, 7) is 2.88. The molecule has 0 spiro atoms. The molecule has 0 bridgehead atoms. The van der Waals surface area contributed by atoms with Crippen LogP contribution in [0, 0.1) is 0 Å². The maximum absolute atomic E-state index is 13.0. The number of likely N-dealkylation sites (tertiary alicyclic amines) is 1. The summed E-state index contributed by atoms with van der Waals surface area (Å²) in [6.07, 6.45) is 2.32. The molecule has 5 nitrogen and oxygen atoms in total. The van der Waals surface area contributed by atoms with Gasteiger partial charge in [-0.3, -0.25) is 0 Å². The summed E-state index contributed by atoms with van der Waals surface area (Å²) in [5.41, 5.74) is 4.86. The zero-order chi connectivity index (χ0) is 20.0. The first-order valence-corrected chi connectivity index (χ1v) is 10.6. The number of benzene rings is 2. The van der Waals surface area contributed by atoms with E-state index in [-0.39, 0.29) is 24.2 Å². The first-order valence-electron chi connectivity index (χ1n) is 10.6. The van der Waals surface area contributed by atoms with E-state index in [1.54, 1.807) is 4.90 Å². The van der Waals surface area contributed by atoms with Crippen LogP contribution in [0.4, 0.5) is 4.79 Å². The molecule has 0 aromatic heterocycles. The topological polar surface area (TPSA) is 59.0 Å². The minimum absolute atomic E-state index is 0.0549. The second-order valence-corrected chi connectivity index (χ2v) is 8.37. The number of fused-ring (bicyclic) bond motifs is 4. The Kier molecular flexibility index (Phi) is 4.60. The van der Waals surface area contributed by atoms with Gasteiger partial charge < -0.3 is 19.5 Å². The summed E-state index contributed by atoms with van der Waals surface area (Å²) in [4.78, 5) is 14.8. The van der Waals surface area contributed by atoms with E-state index in [4.69, 9.17) is 9.47 Å². The number of hydrogen-bond donors (Lipinski definition) is 1. The van der Waals surface area contributed by atoms with Crippen molar-refractivity contribution in [3.63, 3.8) is 0 Å². The van der Waals surface area contributed by atoms with E-state index in [0.29, 0.717) is 26.0 Å². The molecule has 5 heteroatoms. The van der Waals surface area contributed by atoms with Crippen LogP contribution < -0.4 is 0 Å². The molecule has 0 radical (unpaired) electrons. The highest BCUT2D eigenvalue weighted by molar-refractivity contribution is 5.79. The smallest absolute Gasteiger partial charge is 0.410 e. The lowest BCUT2D eigenvalue weighted by Gasteiger charge is -2.35. The molecule has 1 N–H and O–H groups in total. The lowest BCUT2D eigenvalue weighted by Crippen LogP contribution is -2.49. The number of amides is 1. The van der Waals surface area contributed by atoms with E-state index in [9.17, 15) is 9.90 Å². The van der Waals surface area contributed by atoms with Crippen molar-refractivity contribution in [3.8, 4) is 11.1 Å². The van der Waals surface area contributed by atoms with Crippen molar-refractivity contribution >= 4 is 6.09 Å². The highest BCUT2D eigenvalue weighted by Gasteiger charge is 2.49. The molecule has 152 valence electrons. The molecule has 1 unspecified atom stereocenters. The van der Waals surface area contributed by atoms with Gasteiger partial charge in [0.2, 0.25) is 0 Å². The largest absolute Gasteiger partial charge is 0.448 e. The van der Waals surface area contributed by atoms with Crippen LogP contribution in [-0.2, 0) is 9.47 Å². The molecule has 3 aliphatic rings. The summed E-state index contributed by atoms with van der Waals surface area (Å²) in [6, 6.07) is 16.6. The van der Waals surface area contributed by atoms with Crippen molar-refractivity contribution in [1.82, 2.24) is 4.90 Å². The van der Waals surface area contributed by atoms with Crippen LogP contribution in [-0.4, -0.2) is 47.2 Å². The molecule has 2 aliphatic heterocycles. The minimum atomic E-state index is -1.12. The summed E-state index contributed by atoms with van der Waals surface area (Å²) in [5.74, 6) is -1.07. The van der Waals surface area contributed by atoms with Crippen LogP contribution in [0.3, 0.4) is 0 Å². The number of ether oxygens (including phenoxy) is 2. The summed E-state index contributed by atoms with van der Waals surface area (Å²) >= 11 is 0. The maximum Gasteiger partial charge on any atom is 0.410 e. The molecule has 3 atom stereocenters. The Morgan fingerprint density at radius 1 is 1.17 bits per heavy atom. The molecule has 1 aliphatic carbocycles. The Morgan fingerprint density at radius 3 is 2.48 bits per heavy atom. The maximum atomic E-state index is 13.0. The average Bonchev–Trinajstić information content (AvgIpc) is 3.27. The number of rotatable bonds is 3. The summed E-state index contributed by atoms with van der Waals surface area (Å²) < 4.78 is 11.7. The van der Waals surface area contributed by atoms with Crippen LogP contribution in [0.15, 0.2) is 48.5 Å². The van der Waals surface area contributed by atoms with Gasteiger partial charge in [0.25, 0.3) is 0 Å². The van der Waals surface area contributed by atoms with Gasteiger partial charge >= 0.3 is 6.09 Å². The van der Waals surface area contributed by atoms with Crippen molar-refractivity contribution in [3.05, 3.63) is 59.7 Å². The summed E-state index contributed by atoms with van der Waals surface area (Å²) in [7, 11) is 0. The number of hydrogen-bond acceptors (Lipinski definition) is 4. The molecule has 2 heterocycles. The quantitative estimate of drug-likeness (QED) is 0.845. The van der Waals surface area contributed by atoms with Gasteiger partial charge in [0.15, 0.2) is 5.79 Å². The second-order valence-electron chi connectivity index (χ2n) is 8.37. The molecule has 2 fully saturated rings. The average molecular weight is 393 g/mol. The Bertz CT molecular complexity index is 883. The van der Waals surface area contributed by atoms with Gasteiger partial charge in [0, 0.05) is 18.9 Å². The van der Waals surface area contributed by atoms with Crippen molar-refractivity contribution < 1.29 is 19.4 Å². The van der Waals surface area contributed by atoms with Gasteiger partial charge in [-0.1, -0.05) is 55.5 Å². The Morgan fingerprint density at radius 2 is 1.83 bits per heavy atom. The number of nitrogens with zero attached hydrogens (tertiary/aromatic N) is 1. The van der Waals surface area contributed by atoms with Crippen molar-refractivity contribution in [2.75, 3.05) is 13.2 Å². The van der Waals surface area contributed by atoms with E-state index in [0.717, 1.165) is 12.8 Å². The summed E-state index contributed by atoms with van der Waals surface area (Å²) in [5, 5.41) is 10.6. The van der Waals surface area contributed by atoms with E-state index < -0.39 is 5.79 Å². The first kappa shape index (κ1) is 18.6. The van der Waals surface area contributed by atoms with Gasteiger partial charge in [0.1, 0.15) is 6.61 Å². The SMILES string of the molecule is CCC1(O)C[C@H]2[C@H](CCCN2C(=O)OCC2c3ccccc3-c3ccccc32)O1. The molecule has 2 aromatic carbocycles. The molecule has 5 rings (SSSR count). The highest BCUT2D eigenvalue weighted by Crippen LogP contribution is 2.45. The van der Waals surface area contributed by atoms with E-state index in [1.165, 1.54) is 22.3 Å². The Balaban J connectivity index is 1.32. The molecule has 1 amide bonds. The van der Waals surface area contributed by atoms with Gasteiger partial charge in [-0.15, -0.1) is 0 Å². The predicted molar refractivity (Wildman–Crippen MR) is 110 cm³/mol. The third-order valence-corrected chi connectivity index (χ3v) is 6.74. The van der Waals surface area contributed by atoms with Crippen LogP contribution in [0.5, 0.6) is 0 Å². The number of carbonyl (C=O) groups excluding carboxylic acids is 1. The molecule has 2 aromatic rings. The molecule has 2 saturated heterocycles. The number of carbonyl (C=O) groups is 1. The molecular weight excluding hydrogens is 366 g/mol. The van der Waals surface area contributed by atoms with Crippen LogP contribution >= 0.6 is 0 Å². The highest BCUT2D eigenvalue weighted by atomic mass is 16.6. The van der Waals surface area contributed by atoms with Crippen molar-refractivity contribution in [2.24, 2.45) is 0 Å². The monoisotopic (exact) mass is 393 g/mol. The first-order chi connectivity index (χ1) is 14.1. The predicted octanol–water partition coefficient (Wildman–Crippen LogP) is 4.29. The van der Waals surface area contributed by atoms with Crippen LogP contribution in [0.2, 0.25) is 0 Å². The third kappa shape index (κ3) is 3.13. The van der Waals surface area contributed by atoms with E-state index in [1.807, 2.05) is 31.2 Å². The Hall–Kier alpha value is -2.37. The number of aliphatic hydroxyl groups is 1. The van der Waals surface area contributed by atoms with Gasteiger partial charge in [-0.2, -0.15) is 0 Å². The molecule has 0 saturated carbocycles. The standard InChI is InChI=1S/C24H27NO4/c1-2-24(27)14-21-22(29-24)12-7-13-25(21)23(26)28-15-20-18-10-5-3-8-16(18)17-9-4-6-11-19(17)20/h3-6,8-11,20-22,27H,2,7,12-15H2,1H3/t21-,22-,24?/m0/s1. The van der Waals surface area contributed by atoms with Gasteiger partial charge in [0.05, 0.1) is 12.1 Å². The zero-order valence-electron chi connectivity index (χ0n) is 16.7. The normalized spacial score (nSPS) is 28.0. The van der Waals surface area contributed by atoms with Gasteiger partial charge in [-0.25, -0.2) is 4.79 Å². The minimum Gasteiger partial charge on any atom is -0.448 e. The fourth-order valence-corrected chi connectivity index (χ4v) is 5.19. The molecule has 29 heavy (non-hydrogen) atoms. The van der Waals surface area contributed by atoms with E-state index >= 15 is 0 Å². The third-order valence-electron chi connectivity index (χ3n) is 6.74. The lowest BCUT2D eigenvalue weighted by atomic mass is 9.96. The van der Waals surface area contributed by atoms with Crippen LogP contribution in [0.25, 0.3) is 11.1 Å². The van der Waals surface area contributed by atoms with Gasteiger partial charge in [-0.05, 0) is 41.5 Å². The fraction of sp³-hybridized carbons (Fsp3) is 0.458. The Labute approximate surface area is 171 Å². The van der Waals surface area contributed by atoms with Crippen LogP contribution in [0.1, 0.15) is 49.7 Å². The van der Waals surface area contributed by atoms with Crippen molar-refractivity contribution in [2.45, 2.75) is 56.5 Å². The second kappa shape index (κ2) is 7.15. The lowest BCUT2D eigenvalue weighted by molar-refractivity contribution is -0.195. The zero-order valence-corrected chi connectivity index (χ0v) is 16.7. The molecular formula is C24H27NO4. The van der Waals surface area contributed by atoms with Crippen molar-refractivity contribution in [1.29, 1.82) is 0 Å². The fourth-order valence-electron chi connectivity index (χ4n) is 5.19. The van der Waals surface area contributed by atoms with E-state index in [2.05, 4.69) is 24.3 Å². The number of piperidine rings is 1.